The Kier molecular flexibility index (Phi) is 9.84. The quantitative estimate of drug-likeness (QED) is 0.740. The molecular formula is C19H31Cl2N3O3. The van der Waals surface area contributed by atoms with Crippen LogP contribution in [0.2, 0.25) is 0 Å². The van der Waals surface area contributed by atoms with E-state index in [2.05, 4.69) is 17.1 Å². The Bertz CT molecular complexity index is 580. The van der Waals surface area contributed by atoms with Gasteiger partial charge in [-0.3, -0.25) is 9.69 Å². The fraction of sp³-hybridized carbons (Fsp3) is 0.632. The monoisotopic (exact) mass is 419 g/mol. The largest absolute Gasteiger partial charge is 0.492 e. The maximum absolute atomic E-state index is 12.4. The third-order valence-corrected chi connectivity index (χ3v) is 5.13. The highest BCUT2D eigenvalue weighted by molar-refractivity contribution is 5.98. The number of nitrogens with two attached hydrogens (primary N) is 1. The molecule has 27 heavy (non-hydrogen) atoms. The molecule has 154 valence electrons. The number of ether oxygens (including phenoxy) is 2. The molecule has 0 radical (unpaired) electrons. The predicted octanol–water partition coefficient (Wildman–Crippen LogP) is 2.70. The standard InChI is InChI=1S/C19H29N3O3.2ClH/c1-15-6-9-22(14-15)10-13-25-17-4-2-16(3-5-17)21-18(23)19(20)7-11-24-12-8-19;;/h2-5,15H,6-14,20H2,1H3,(H,21,23);2*1H. The van der Waals surface area contributed by atoms with Gasteiger partial charge in [-0.15, -0.1) is 24.8 Å². The highest BCUT2D eigenvalue weighted by Gasteiger charge is 2.35. The molecule has 2 aliphatic heterocycles. The Morgan fingerprint density at radius 1 is 1.30 bits per heavy atom. The molecule has 2 aliphatic rings. The van der Waals surface area contributed by atoms with Gasteiger partial charge in [-0.2, -0.15) is 0 Å². The van der Waals surface area contributed by atoms with Crippen molar-refractivity contribution in [3.8, 4) is 5.75 Å². The van der Waals surface area contributed by atoms with Crippen molar-refractivity contribution in [2.75, 3.05) is 44.8 Å². The summed E-state index contributed by atoms with van der Waals surface area (Å²) in [7, 11) is 0. The van der Waals surface area contributed by atoms with Crippen molar-refractivity contribution in [3.63, 3.8) is 0 Å². The maximum Gasteiger partial charge on any atom is 0.244 e. The van der Waals surface area contributed by atoms with E-state index in [-0.39, 0.29) is 30.7 Å². The molecule has 0 aliphatic carbocycles. The average Bonchev–Trinajstić information content (AvgIpc) is 3.02. The second-order valence-electron chi connectivity index (χ2n) is 7.29. The van der Waals surface area contributed by atoms with Gasteiger partial charge in [-0.1, -0.05) is 6.92 Å². The fourth-order valence-electron chi connectivity index (χ4n) is 3.37. The lowest BCUT2D eigenvalue weighted by atomic mass is 9.90. The zero-order valence-electron chi connectivity index (χ0n) is 15.8. The van der Waals surface area contributed by atoms with Gasteiger partial charge >= 0.3 is 0 Å². The van der Waals surface area contributed by atoms with Gasteiger partial charge in [-0.05, 0) is 56.0 Å². The number of carbonyl (C=O) groups excluding carboxylic acids is 1. The van der Waals surface area contributed by atoms with Crippen molar-refractivity contribution in [2.45, 2.75) is 31.7 Å². The second-order valence-corrected chi connectivity index (χ2v) is 7.29. The van der Waals surface area contributed by atoms with Crippen LogP contribution >= 0.6 is 24.8 Å². The average molecular weight is 420 g/mol. The zero-order chi connectivity index (χ0) is 17.7. The summed E-state index contributed by atoms with van der Waals surface area (Å²) in [6.07, 6.45) is 2.38. The number of hydrogen-bond donors (Lipinski definition) is 2. The topological polar surface area (TPSA) is 76.8 Å². The number of amides is 1. The van der Waals surface area contributed by atoms with Crippen molar-refractivity contribution in [3.05, 3.63) is 24.3 Å². The zero-order valence-corrected chi connectivity index (χ0v) is 17.4. The lowest BCUT2D eigenvalue weighted by Crippen LogP contribution is -2.54. The Morgan fingerprint density at radius 3 is 2.56 bits per heavy atom. The van der Waals surface area contributed by atoms with Crippen LogP contribution in [0.25, 0.3) is 0 Å². The number of hydrogen-bond acceptors (Lipinski definition) is 5. The van der Waals surface area contributed by atoms with Crippen molar-refractivity contribution in [1.82, 2.24) is 4.90 Å². The van der Waals surface area contributed by atoms with Crippen molar-refractivity contribution < 1.29 is 14.3 Å². The first-order valence-corrected chi connectivity index (χ1v) is 9.18. The van der Waals surface area contributed by atoms with Gasteiger partial charge in [-0.25, -0.2) is 0 Å². The highest BCUT2D eigenvalue weighted by atomic mass is 35.5. The van der Waals surface area contributed by atoms with Crippen LogP contribution in [-0.2, 0) is 9.53 Å². The molecule has 0 aromatic heterocycles. The Hall–Kier alpha value is -1.05. The summed E-state index contributed by atoms with van der Waals surface area (Å²) in [6, 6.07) is 7.48. The smallest absolute Gasteiger partial charge is 0.244 e. The fourth-order valence-corrected chi connectivity index (χ4v) is 3.37. The van der Waals surface area contributed by atoms with E-state index in [9.17, 15) is 4.79 Å². The first kappa shape index (κ1) is 24.0. The third-order valence-electron chi connectivity index (χ3n) is 5.13. The van der Waals surface area contributed by atoms with Crippen LogP contribution < -0.4 is 15.8 Å². The highest BCUT2D eigenvalue weighted by Crippen LogP contribution is 2.22. The molecule has 2 heterocycles. The number of halogens is 2. The van der Waals surface area contributed by atoms with E-state index in [0.29, 0.717) is 32.7 Å². The Balaban J connectivity index is 0.00000182. The summed E-state index contributed by atoms with van der Waals surface area (Å²) in [4.78, 5) is 14.8. The summed E-state index contributed by atoms with van der Waals surface area (Å²) < 4.78 is 11.1. The van der Waals surface area contributed by atoms with Crippen LogP contribution in [0.3, 0.4) is 0 Å². The van der Waals surface area contributed by atoms with Crippen molar-refractivity contribution in [1.29, 1.82) is 0 Å². The predicted molar refractivity (Wildman–Crippen MR) is 112 cm³/mol. The number of anilines is 1. The number of likely N-dealkylation sites (tertiary alicyclic amines) is 1. The minimum atomic E-state index is -0.833. The second kappa shape index (κ2) is 11.1. The molecule has 0 saturated carbocycles. The summed E-state index contributed by atoms with van der Waals surface area (Å²) in [5.41, 5.74) is 6.10. The van der Waals surface area contributed by atoms with Gasteiger partial charge in [0.1, 0.15) is 17.9 Å². The van der Waals surface area contributed by atoms with E-state index < -0.39 is 5.54 Å². The van der Waals surface area contributed by atoms with Gasteiger partial charge in [0.2, 0.25) is 5.91 Å². The number of benzene rings is 1. The molecule has 0 spiro atoms. The van der Waals surface area contributed by atoms with Gasteiger partial charge in [0.25, 0.3) is 0 Å². The van der Waals surface area contributed by atoms with Crippen LogP contribution in [0.15, 0.2) is 24.3 Å². The Morgan fingerprint density at radius 2 is 1.96 bits per heavy atom. The molecule has 6 nitrogen and oxygen atoms in total. The van der Waals surface area contributed by atoms with Crippen molar-refractivity contribution in [2.24, 2.45) is 11.7 Å². The molecule has 3 rings (SSSR count). The molecule has 3 N–H and O–H groups in total. The lowest BCUT2D eigenvalue weighted by molar-refractivity contribution is -0.124. The molecule has 1 aromatic carbocycles. The molecule has 2 fully saturated rings. The lowest BCUT2D eigenvalue weighted by Gasteiger charge is -2.31. The van der Waals surface area contributed by atoms with Gasteiger partial charge in [0, 0.05) is 32.0 Å². The summed E-state index contributed by atoms with van der Waals surface area (Å²) in [6.45, 7) is 7.34. The van der Waals surface area contributed by atoms with Gasteiger partial charge < -0.3 is 20.5 Å². The number of carbonyl (C=O) groups is 1. The van der Waals surface area contributed by atoms with Crippen LogP contribution in [0.1, 0.15) is 26.2 Å². The number of nitrogens with one attached hydrogen (secondary N) is 1. The van der Waals surface area contributed by atoms with E-state index in [4.69, 9.17) is 15.2 Å². The van der Waals surface area contributed by atoms with Crippen molar-refractivity contribution >= 4 is 36.4 Å². The summed E-state index contributed by atoms with van der Waals surface area (Å²) in [5.74, 6) is 1.47. The maximum atomic E-state index is 12.4. The van der Waals surface area contributed by atoms with Crippen LogP contribution in [-0.4, -0.2) is 55.8 Å². The normalized spacial score (nSPS) is 21.6. The van der Waals surface area contributed by atoms with E-state index in [1.165, 1.54) is 19.5 Å². The van der Waals surface area contributed by atoms with Crippen LogP contribution in [0.4, 0.5) is 5.69 Å². The third kappa shape index (κ3) is 6.80. The van der Waals surface area contributed by atoms with E-state index in [1.54, 1.807) is 0 Å². The Labute approximate surface area is 174 Å². The number of rotatable bonds is 6. The molecule has 0 bridgehead atoms. The minimum Gasteiger partial charge on any atom is -0.492 e. The SMILES string of the molecule is CC1CCN(CCOc2ccc(NC(=O)C3(N)CCOCC3)cc2)C1.Cl.Cl. The van der Waals surface area contributed by atoms with Crippen LogP contribution in [0, 0.1) is 5.92 Å². The summed E-state index contributed by atoms with van der Waals surface area (Å²) in [5, 5.41) is 2.90. The first-order valence-electron chi connectivity index (χ1n) is 9.18. The molecule has 8 heteroatoms. The van der Waals surface area contributed by atoms with E-state index in [0.717, 1.165) is 23.9 Å². The van der Waals surface area contributed by atoms with Gasteiger partial charge in [0.15, 0.2) is 0 Å². The molecule has 1 amide bonds. The molecule has 1 atom stereocenters. The van der Waals surface area contributed by atoms with E-state index in [1.807, 2.05) is 24.3 Å². The number of nitrogens with zero attached hydrogens (tertiary/aromatic N) is 1. The summed E-state index contributed by atoms with van der Waals surface area (Å²) >= 11 is 0. The first-order chi connectivity index (χ1) is 12.0. The minimum absolute atomic E-state index is 0. The van der Waals surface area contributed by atoms with E-state index >= 15 is 0 Å². The molecule has 2 saturated heterocycles. The molecule has 1 aromatic rings. The van der Waals surface area contributed by atoms with Gasteiger partial charge in [0.05, 0.1) is 0 Å². The van der Waals surface area contributed by atoms with Crippen LogP contribution in [0.5, 0.6) is 5.75 Å². The molecule has 1 unspecified atom stereocenters. The molecular weight excluding hydrogens is 389 g/mol.